The van der Waals surface area contributed by atoms with Crippen molar-refractivity contribution in [2.45, 2.75) is 26.5 Å². The summed E-state index contributed by atoms with van der Waals surface area (Å²) >= 11 is 0. The molecule has 5 nitrogen and oxygen atoms in total. The third-order valence-electron chi connectivity index (χ3n) is 2.94. The number of hydrogen-bond acceptors (Lipinski definition) is 4. The molecule has 0 spiro atoms. The van der Waals surface area contributed by atoms with E-state index in [1.54, 1.807) is 32.0 Å². The van der Waals surface area contributed by atoms with Gasteiger partial charge in [-0.3, -0.25) is 9.69 Å². The highest BCUT2D eigenvalue weighted by Crippen LogP contribution is 2.10. The summed E-state index contributed by atoms with van der Waals surface area (Å²) in [5, 5.41) is 27.4. The van der Waals surface area contributed by atoms with E-state index in [0.29, 0.717) is 25.2 Å². The van der Waals surface area contributed by atoms with E-state index in [4.69, 9.17) is 10.4 Å². The summed E-state index contributed by atoms with van der Waals surface area (Å²) in [5.74, 6) is -1.36. The monoisotopic (exact) mass is 276 g/mol. The zero-order valence-electron chi connectivity index (χ0n) is 11.8. The molecule has 5 heteroatoms. The Morgan fingerprint density at radius 3 is 2.65 bits per heavy atom. The Kier molecular flexibility index (Phi) is 6.16. The molecule has 0 aliphatic heterocycles. The van der Waals surface area contributed by atoms with Crippen LogP contribution in [0.25, 0.3) is 0 Å². The maximum absolute atomic E-state index is 10.9. The number of carboxylic acid groups (broad SMARTS) is 1. The van der Waals surface area contributed by atoms with E-state index < -0.39 is 18.0 Å². The SMILES string of the molecule is CC(O)CN(Cc1cccc(C#N)c1)CC(C)C(=O)O. The molecule has 0 aliphatic rings. The van der Waals surface area contributed by atoms with Crippen LogP contribution in [0.2, 0.25) is 0 Å². The Morgan fingerprint density at radius 1 is 1.40 bits per heavy atom. The van der Waals surface area contributed by atoms with Gasteiger partial charge in [-0.15, -0.1) is 0 Å². The number of aliphatic hydroxyl groups is 1. The fourth-order valence-electron chi connectivity index (χ4n) is 2.04. The summed E-state index contributed by atoms with van der Waals surface area (Å²) < 4.78 is 0. The molecule has 0 aliphatic carbocycles. The number of carbonyl (C=O) groups is 1. The number of nitriles is 1. The van der Waals surface area contributed by atoms with Crippen molar-refractivity contribution < 1.29 is 15.0 Å². The molecule has 0 fully saturated rings. The van der Waals surface area contributed by atoms with Gasteiger partial charge in [0.2, 0.25) is 0 Å². The van der Waals surface area contributed by atoms with Crippen LogP contribution in [0.4, 0.5) is 0 Å². The van der Waals surface area contributed by atoms with Crippen LogP contribution in [0, 0.1) is 17.2 Å². The lowest BCUT2D eigenvalue weighted by molar-refractivity contribution is -0.141. The van der Waals surface area contributed by atoms with Crippen LogP contribution in [-0.2, 0) is 11.3 Å². The molecular formula is C15H20N2O3. The van der Waals surface area contributed by atoms with Gasteiger partial charge in [0.1, 0.15) is 0 Å². The van der Waals surface area contributed by atoms with Crippen molar-refractivity contribution in [2.75, 3.05) is 13.1 Å². The molecule has 1 aromatic carbocycles. The summed E-state index contributed by atoms with van der Waals surface area (Å²) in [6.45, 7) is 4.58. The van der Waals surface area contributed by atoms with Crippen LogP contribution in [0.3, 0.4) is 0 Å². The number of rotatable bonds is 7. The highest BCUT2D eigenvalue weighted by molar-refractivity contribution is 5.69. The van der Waals surface area contributed by atoms with Crippen LogP contribution in [-0.4, -0.2) is 40.3 Å². The quantitative estimate of drug-likeness (QED) is 0.787. The molecule has 0 aromatic heterocycles. The van der Waals surface area contributed by atoms with Gasteiger partial charge >= 0.3 is 5.97 Å². The summed E-state index contributed by atoms with van der Waals surface area (Å²) in [6, 6.07) is 9.27. The first-order valence-electron chi connectivity index (χ1n) is 6.54. The molecular weight excluding hydrogens is 256 g/mol. The first-order chi connectivity index (χ1) is 9.42. The van der Waals surface area contributed by atoms with Gasteiger partial charge in [-0.1, -0.05) is 19.1 Å². The number of aliphatic carboxylic acids is 1. The molecule has 0 bridgehead atoms. The Balaban J connectivity index is 2.78. The Morgan fingerprint density at radius 2 is 2.10 bits per heavy atom. The molecule has 0 radical (unpaired) electrons. The smallest absolute Gasteiger partial charge is 0.307 e. The highest BCUT2D eigenvalue weighted by Gasteiger charge is 2.17. The first kappa shape index (κ1) is 16.2. The summed E-state index contributed by atoms with van der Waals surface area (Å²) in [6.07, 6.45) is -0.532. The standard InChI is InChI=1S/C15H20N2O3/c1-11(15(19)20)8-17(9-12(2)18)10-14-5-3-4-13(6-14)7-16/h3-6,11-12,18H,8-10H2,1-2H3,(H,19,20). The molecule has 1 rings (SSSR count). The average Bonchev–Trinajstić information content (AvgIpc) is 2.37. The van der Waals surface area contributed by atoms with Gasteiger partial charge in [-0.05, 0) is 24.6 Å². The molecule has 20 heavy (non-hydrogen) atoms. The molecule has 1 aromatic rings. The second-order valence-corrected chi connectivity index (χ2v) is 5.09. The maximum Gasteiger partial charge on any atom is 0.307 e. The number of aliphatic hydroxyl groups excluding tert-OH is 1. The van der Waals surface area contributed by atoms with Crippen molar-refractivity contribution >= 4 is 5.97 Å². The number of nitrogens with zero attached hydrogens (tertiary/aromatic N) is 2. The van der Waals surface area contributed by atoms with Crippen LogP contribution in [0.1, 0.15) is 25.0 Å². The minimum absolute atomic E-state index is 0.358. The highest BCUT2D eigenvalue weighted by atomic mass is 16.4. The largest absolute Gasteiger partial charge is 0.481 e. The van der Waals surface area contributed by atoms with E-state index in [1.165, 1.54) is 0 Å². The average molecular weight is 276 g/mol. The summed E-state index contributed by atoms with van der Waals surface area (Å²) in [4.78, 5) is 12.8. The van der Waals surface area contributed by atoms with Crippen molar-refractivity contribution in [3.63, 3.8) is 0 Å². The fraction of sp³-hybridized carbons (Fsp3) is 0.467. The van der Waals surface area contributed by atoms with Gasteiger partial charge in [0, 0.05) is 19.6 Å². The fourth-order valence-corrected chi connectivity index (χ4v) is 2.04. The third kappa shape index (κ3) is 5.39. The predicted octanol–water partition coefficient (Wildman–Crippen LogP) is 1.46. The molecule has 2 unspecified atom stereocenters. The molecule has 108 valence electrons. The van der Waals surface area contributed by atoms with Gasteiger partial charge in [-0.2, -0.15) is 5.26 Å². The Labute approximate surface area is 119 Å². The lowest BCUT2D eigenvalue weighted by Gasteiger charge is -2.25. The van der Waals surface area contributed by atoms with Crippen molar-refractivity contribution in [2.24, 2.45) is 5.92 Å². The number of benzene rings is 1. The van der Waals surface area contributed by atoms with Crippen molar-refractivity contribution in [1.82, 2.24) is 4.90 Å². The Hall–Kier alpha value is -1.90. The van der Waals surface area contributed by atoms with E-state index in [1.807, 2.05) is 11.0 Å². The van der Waals surface area contributed by atoms with Gasteiger partial charge in [0.25, 0.3) is 0 Å². The van der Waals surface area contributed by atoms with Gasteiger partial charge < -0.3 is 10.2 Å². The third-order valence-corrected chi connectivity index (χ3v) is 2.94. The normalized spacial score (nSPS) is 13.8. The van der Waals surface area contributed by atoms with Crippen LogP contribution in [0.5, 0.6) is 0 Å². The van der Waals surface area contributed by atoms with E-state index in [2.05, 4.69) is 6.07 Å². The second kappa shape index (κ2) is 7.63. The van der Waals surface area contributed by atoms with Gasteiger partial charge in [0.15, 0.2) is 0 Å². The minimum atomic E-state index is -0.855. The molecule has 2 atom stereocenters. The molecule has 2 N–H and O–H groups in total. The van der Waals surface area contributed by atoms with Crippen LogP contribution >= 0.6 is 0 Å². The number of carboxylic acids is 1. The molecule has 0 saturated carbocycles. The molecule has 0 heterocycles. The predicted molar refractivity (Wildman–Crippen MR) is 74.9 cm³/mol. The van der Waals surface area contributed by atoms with E-state index >= 15 is 0 Å². The van der Waals surface area contributed by atoms with Gasteiger partial charge in [-0.25, -0.2) is 0 Å². The minimum Gasteiger partial charge on any atom is -0.481 e. The van der Waals surface area contributed by atoms with E-state index in [9.17, 15) is 9.90 Å². The van der Waals surface area contributed by atoms with Crippen molar-refractivity contribution in [1.29, 1.82) is 5.26 Å². The molecule has 0 amide bonds. The van der Waals surface area contributed by atoms with Crippen LogP contribution in [0.15, 0.2) is 24.3 Å². The van der Waals surface area contributed by atoms with E-state index in [-0.39, 0.29) is 0 Å². The summed E-state index contributed by atoms with van der Waals surface area (Å²) in [7, 11) is 0. The first-order valence-corrected chi connectivity index (χ1v) is 6.54. The molecule has 0 saturated heterocycles. The second-order valence-electron chi connectivity index (χ2n) is 5.09. The zero-order chi connectivity index (χ0) is 15.1. The zero-order valence-corrected chi connectivity index (χ0v) is 11.8. The maximum atomic E-state index is 10.9. The van der Waals surface area contributed by atoms with Gasteiger partial charge in [0.05, 0.1) is 23.7 Å². The van der Waals surface area contributed by atoms with E-state index in [0.717, 1.165) is 5.56 Å². The summed E-state index contributed by atoms with van der Waals surface area (Å²) in [5.41, 5.74) is 1.51. The van der Waals surface area contributed by atoms with Crippen molar-refractivity contribution in [3.8, 4) is 6.07 Å². The lowest BCUT2D eigenvalue weighted by atomic mass is 10.1. The topological polar surface area (TPSA) is 84.6 Å². The number of hydrogen-bond donors (Lipinski definition) is 2. The van der Waals surface area contributed by atoms with Crippen molar-refractivity contribution in [3.05, 3.63) is 35.4 Å². The Bertz CT molecular complexity index is 494. The lowest BCUT2D eigenvalue weighted by Crippen LogP contribution is -2.36. The van der Waals surface area contributed by atoms with Crippen LogP contribution < -0.4 is 0 Å².